The monoisotopic (exact) mass is 219 g/mol. The number of H-pyrrole nitrogens is 1. The van der Waals surface area contributed by atoms with Crippen LogP contribution in [0.4, 0.5) is 4.39 Å². The lowest BCUT2D eigenvalue weighted by Gasteiger charge is -2.07. The van der Waals surface area contributed by atoms with Gasteiger partial charge < -0.3 is 9.78 Å². The van der Waals surface area contributed by atoms with Gasteiger partial charge in [-0.25, -0.2) is 4.39 Å². The van der Waals surface area contributed by atoms with Gasteiger partial charge in [-0.15, -0.1) is 0 Å². The molecule has 0 saturated heterocycles. The van der Waals surface area contributed by atoms with Gasteiger partial charge in [-0.3, -0.25) is 0 Å². The number of aromatic nitrogens is 1. The van der Waals surface area contributed by atoms with Gasteiger partial charge in [-0.05, 0) is 36.6 Å². The van der Waals surface area contributed by atoms with Crippen molar-refractivity contribution in [1.82, 2.24) is 4.98 Å². The van der Waals surface area contributed by atoms with Gasteiger partial charge >= 0.3 is 0 Å². The number of ketones is 1. The first-order valence-corrected chi connectivity index (χ1v) is 5.34. The highest BCUT2D eigenvalue weighted by atomic mass is 19.1. The molecule has 1 aromatic carbocycles. The number of aromatic amines is 1. The van der Waals surface area contributed by atoms with Crippen LogP contribution < -0.4 is 0 Å². The lowest BCUT2D eigenvalue weighted by atomic mass is 9.96. The normalized spacial score (nSPS) is 12.9. The van der Waals surface area contributed by atoms with Crippen LogP contribution in [0.2, 0.25) is 0 Å². The van der Waals surface area contributed by atoms with E-state index in [0.717, 1.165) is 16.5 Å². The molecule has 0 amide bonds. The van der Waals surface area contributed by atoms with E-state index in [1.165, 1.54) is 12.1 Å². The standard InChI is InChI=1S/C13H14FNO/c1-8(5-9(2)16)12-7-15-13-4-3-10(14)6-11(12)13/h3-4,6-8,15H,5H2,1-2H3. The molecular weight excluding hydrogens is 205 g/mol. The van der Waals surface area contributed by atoms with Crippen LogP contribution in [0.25, 0.3) is 10.9 Å². The Hall–Kier alpha value is -1.64. The summed E-state index contributed by atoms with van der Waals surface area (Å²) in [7, 11) is 0. The Bertz CT molecular complexity index is 530. The van der Waals surface area contributed by atoms with E-state index in [-0.39, 0.29) is 17.5 Å². The fraction of sp³-hybridized carbons (Fsp3) is 0.308. The van der Waals surface area contributed by atoms with Crippen LogP contribution in [0.3, 0.4) is 0 Å². The second kappa shape index (κ2) is 4.08. The predicted molar refractivity (Wildman–Crippen MR) is 62.0 cm³/mol. The molecule has 0 radical (unpaired) electrons. The summed E-state index contributed by atoms with van der Waals surface area (Å²) in [5, 5.41) is 0.869. The van der Waals surface area contributed by atoms with Crippen LogP contribution in [0.1, 0.15) is 31.7 Å². The van der Waals surface area contributed by atoms with Gasteiger partial charge in [0.25, 0.3) is 0 Å². The highest BCUT2D eigenvalue weighted by Crippen LogP contribution is 2.28. The van der Waals surface area contributed by atoms with E-state index in [1.54, 1.807) is 13.0 Å². The highest BCUT2D eigenvalue weighted by Gasteiger charge is 2.13. The van der Waals surface area contributed by atoms with E-state index in [9.17, 15) is 9.18 Å². The van der Waals surface area contributed by atoms with Crippen molar-refractivity contribution in [2.24, 2.45) is 0 Å². The Morgan fingerprint density at radius 3 is 2.94 bits per heavy atom. The highest BCUT2D eigenvalue weighted by molar-refractivity contribution is 5.85. The number of hydrogen-bond acceptors (Lipinski definition) is 1. The molecule has 0 fully saturated rings. The smallest absolute Gasteiger partial charge is 0.130 e. The molecule has 1 unspecified atom stereocenters. The van der Waals surface area contributed by atoms with Crippen LogP contribution in [0.5, 0.6) is 0 Å². The zero-order valence-corrected chi connectivity index (χ0v) is 9.38. The summed E-state index contributed by atoms with van der Waals surface area (Å²) in [5.74, 6) is 0.0229. The third kappa shape index (κ3) is 1.98. The zero-order valence-electron chi connectivity index (χ0n) is 9.38. The number of halogens is 1. The van der Waals surface area contributed by atoms with Crippen molar-refractivity contribution < 1.29 is 9.18 Å². The first-order chi connectivity index (χ1) is 7.58. The van der Waals surface area contributed by atoms with Crippen molar-refractivity contribution >= 4 is 16.7 Å². The Kier molecular flexibility index (Phi) is 2.77. The second-order valence-electron chi connectivity index (χ2n) is 4.24. The third-order valence-electron chi connectivity index (χ3n) is 2.80. The van der Waals surface area contributed by atoms with Gasteiger partial charge in [0.15, 0.2) is 0 Å². The van der Waals surface area contributed by atoms with Crippen molar-refractivity contribution in [3.63, 3.8) is 0 Å². The van der Waals surface area contributed by atoms with Crippen molar-refractivity contribution in [3.8, 4) is 0 Å². The summed E-state index contributed by atoms with van der Waals surface area (Å²) in [4.78, 5) is 14.2. The van der Waals surface area contributed by atoms with Crippen molar-refractivity contribution in [1.29, 1.82) is 0 Å². The number of benzene rings is 1. The molecule has 2 aromatic rings. The molecule has 1 N–H and O–H groups in total. The minimum Gasteiger partial charge on any atom is -0.361 e. The lowest BCUT2D eigenvalue weighted by molar-refractivity contribution is -0.117. The van der Waals surface area contributed by atoms with E-state index in [2.05, 4.69) is 4.98 Å². The average molecular weight is 219 g/mol. The number of rotatable bonds is 3. The van der Waals surface area contributed by atoms with Crippen molar-refractivity contribution in [3.05, 3.63) is 35.8 Å². The fourth-order valence-electron chi connectivity index (χ4n) is 2.06. The maximum atomic E-state index is 13.1. The van der Waals surface area contributed by atoms with Crippen molar-refractivity contribution in [2.75, 3.05) is 0 Å². The number of nitrogens with one attached hydrogen (secondary N) is 1. The average Bonchev–Trinajstić information content (AvgIpc) is 2.59. The summed E-state index contributed by atoms with van der Waals surface area (Å²) in [6.45, 7) is 3.56. The number of carbonyl (C=O) groups excluding carboxylic acids is 1. The van der Waals surface area contributed by atoms with Gasteiger partial charge in [0.1, 0.15) is 11.6 Å². The lowest BCUT2D eigenvalue weighted by Crippen LogP contribution is -1.99. The second-order valence-corrected chi connectivity index (χ2v) is 4.24. The molecule has 0 spiro atoms. The molecule has 1 heterocycles. The van der Waals surface area contributed by atoms with Gasteiger partial charge in [0.05, 0.1) is 0 Å². The van der Waals surface area contributed by atoms with Gasteiger partial charge in [0, 0.05) is 23.5 Å². The summed E-state index contributed by atoms with van der Waals surface area (Å²) < 4.78 is 13.1. The predicted octanol–water partition coefficient (Wildman–Crippen LogP) is 3.39. The molecule has 2 nitrogen and oxygen atoms in total. The minimum atomic E-state index is -0.247. The van der Waals surface area contributed by atoms with E-state index >= 15 is 0 Å². The number of Topliss-reactive ketones (excluding diaryl/α,β-unsaturated/α-hetero) is 1. The Morgan fingerprint density at radius 1 is 1.50 bits per heavy atom. The maximum Gasteiger partial charge on any atom is 0.130 e. The van der Waals surface area contributed by atoms with E-state index in [1.807, 2.05) is 13.1 Å². The Morgan fingerprint density at radius 2 is 2.25 bits per heavy atom. The van der Waals surface area contributed by atoms with Crippen LogP contribution in [-0.4, -0.2) is 10.8 Å². The first-order valence-electron chi connectivity index (χ1n) is 5.34. The molecule has 16 heavy (non-hydrogen) atoms. The molecule has 84 valence electrons. The van der Waals surface area contributed by atoms with Crippen LogP contribution >= 0.6 is 0 Å². The molecule has 1 aromatic heterocycles. The Labute approximate surface area is 93.5 Å². The minimum absolute atomic E-state index is 0.119. The van der Waals surface area contributed by atoms with E-state index in [0.29, 0.717) is 6.42 Å². The molecule has 0 saturated carbocycles. The fourth-order valence-corrected chi connectivity index (χ4v) is 2.06. The number of carbonyl (C=O) groups is 1. The summed E-state index contributed by atoms with van der Waals surface area (Å²) in [5.41, 5.74) is 1.91. The summed E-state index contributed by atoms with van der Waals surface area (Å²) in [6, 6.07) is 4.66. The molecule has 0 aliphatic carbocycles. The third-order valence-corrected chi connectivity index (χ3v) is 2.80. The first kappa shape index (κ1) is 10.9. The molecule has 3 heteroatoms. The van der Waals surface area contributed by atoms with Crippen LogP contribution in [0, 0.1) is 5.82 Å². The molecular formula is C13H14FNO. The number of hydrogen-bond donors (Lipinski definition) is 1. The SMILES string of the molecule is CC(=O)CC(C)c1c[nH]c2ccc(F)cc12. The largest absolute Gasteiger partial charge is 0.361 e. The summed E-state index contributed by atoms with van der Waals surface area (Å²) >= 11 is 0. The summed E-state index contributed by atoms with van der Waals surface area (Å²) in [6.07, 6.45) is 2.35. The van der Waals surface area contributed by atoms with Gasteiger partial charge in [-0.1, -0.05) is 6.92 Å². The van der Waals surface area contributed by atoms with Gasteiger partial charge in [-0.2, -0.15) is 0 Å². The zero-order chi connectivity index (χ0) is 11.7. The van der Waals surface area contributed by atoms with E-state index in [4.69, 9.17) is 0 Å². The molecule has 0 bridgehead atoms. The molecule has 2 rings (SSSR count). The quantitative estimate of drug-likeness (QED) is 0.843. The number of fused-ring (bicyclic) bond motifs is 1. The molecule has 0 aliphatic rings. The van der Waals surface area contributed by atoms with Crippen LogP contribution in [-0.2, 0) is 4.79 Å². The van der Waals surface area contributed by atoms with Crippen molar-refractivity contribution in [2.45, 2.75) is 26.2 Å². The van der Waals surface area contributed by atoms with Crippen LogP contribution in [0.15, 0.2) is 24.4 Å². The van der Waals surface area contributed by atoms with Gasteiger partial charge in [0.2, 0.25) is 0 Å². The topological polar surface area (TPSA) is 32.9 Å². The molecule has 0 aliphatic heterocycles. The van der Waals surface area contributed by atoms with E-state index < -0.39 is 0 Å². The Balaban J connectivity index is 2.44. The maximum absolute atomic E-state index is 13.1. The molecule has 1 atom stereocenters.